The molecule has 5 rings (SSSR count). The van der Waals surface area contributed by atoms with E-state index in [1.54, 1.807) is 6.20 Å². The number of carbonyl (C=O) groups is 1. The molecule has 4 heterocycles. The first-order chi connectivity index (χ1) is 14.7. The van der Waals surface area contributed by atoms with Gasteiger partial charge < -0.3 is 14.2 Å². The van der Waals surface area contributed by atoms with Gasteiger partial charge in [-0.25, -0.2) is 4.98 Å². The number of benzene rings is 1. The molecule has 30 heavy (non-hydrogen) atoms. The number of aryl methyl sites for hydroxylation is 1. The fourth-order valence-corrected chi connectivity index (χ4v) is 4.72. The zero-order valence-electron chi connectivity index (χ0n) is 16.6. The molecule has 0 aliphatic carbocycles. The van der Waals surface area contributed by atoms with Gasteiger partial charge in [-0.05, 0) is 25.1 Å². The summed E-state index contributed by atoms with van der Waals surface area (Å²) in [7, 11) is 0. The topological polar surface area (TPSA) is 73.1 Å². The fourth-order valence-electron chi connectivity index (χ4n) is 3.72. The van der Waals surface area contributed by atoms with E-state index in [4.69, 9.17) is 4.74 Å². The van der Waals surface area contributed by atoms with Crippen molar-refractivity contribution >= 4 is 28.0 Å². The van der Waals surface area contributed by atoms with E-state index in [9.17, 15) is 4.79 Å². The van der Waals surface area contributed by atoms with Gasteiger partial charge in [0.25, 0.3) is 5.91 Å². The number of carbonyl (C=O) groups excluding carboxylic acids is 1. The summed E-state index contributed by atoms with van der Waals surface area (Å²) in [6.45, 7) is 3.20. The highest BCUT2D eigenvalue weighted by Crippen LogP contribution is 2.27. The first-order valence-electron chi connectivity index (χ1n) is 9.96. The number of hydrogen-bond donors (Lipinski definition) is 0. The maximum Gasteiger partial charge on any atom is 0.265 e. The monoisotopic (exact) mass is 419 g/mol. The molecule has 1 aliphatic rings. The predicted octanol–water partition coefficient (Wildman–Crippen LogP) is 3.87. The van der Waals surface area contributed by atoms with Crippen LogP contribution in [0.4, 0.5) is 0 Å². The smallest absolute Gasteiger partial charge is 0.265 e. The van der Waals surface area contributed by atoms with Crippen LogP contribution >= 0.6 is 11.3 Å². The number of hydrogen-bond acceptors (Lipinski definition) is 6. The molecule has 1 amide bonds. The van der Waals surface area contributed by atoms with E-state index in [1.165, 1.54) is 11.3 Å². The molecule has 0 unspecified atom stereocenters. The Morgan fingerprint density at radius 3 is 2.70 bits per heavy atom. The summed E-state index contributed by atoms with van der Waals surface area (Å²) in [4.78, 5) is 20.2. The van der Waals surface area contributed by atoms with E-state index >= 15 is 0 Å². The number of likely N-dealkylation sites (tertiary alicyclic amines) is 1. The van der Waals surface area contributed by atoms with E-state index in [-0.39, 0.29) is 12.0 Å². The minimum Gasteiger partial charge on any atom is -0.473 e. The lowest BCUT2D eigenvalue weighted by molar-refractivity contribution is 0.0592. The van der Waals surface area contributed by atoms with Gasteiger partial charge in [0.15, 0.2) is 5.13 Å². The lowest BCUT2D eigenvalue weighted by Gasteiger charge is -2.31. The maximum atomic E-state index is 13.1. The molecule has 0 bridgehead atoms. The highest BCUT2D eigenvalue weighted by Gasteiger charge is 2.28. The van der Waals surface area contributed by atoms with Crippen LogP contribution in [0.15, 0.2) is 55.0 Å². The van der Waals surface area contributed by atoms with Crippen LogP contribution in [0, 0.1) is 6.92 Å². The van der Waals surface area contributed by atoms with Crippen LogP contribution in [0.2, 0.25) is 0 Å². The van der Waals surface area contributed by atoms with Crippen molar-refractivity contribution in [3.05, 3.63) is 65.6 Å². The van der Waals surface area contributed by atoms with Gasteiger partial charge in [-0.3, -0.25) is 4.79 Å². The molecule has 1 saturated heterocycles. The fraction of sp³-hybridized carbons (Fsp3) is 0.273. The SMILES string of the molecule is Cc1nc(-n2cccc2)sc1C(=O)N1CCC(Oc2nncc3ccccc23)CC1. The Kier molecular flexibility index (Phi) is 4.92. The molecule has 0 atom stereocenters. The van der Waals surface area contributed by atoms with Crippen molar-refractivity contribution in [2.24, 2.45) is 0 Å². The average molecular weight is 420 g/mol. The zero-order chi connectivity index (χ0) is 20.5. The van der Waals surface area contributed by atoms with Gasteiger partial charge in [-0.1, -0.05) is 29.5 Å². The molecule has 4 aromatic rings. The molecule has 0 spiro atoms. The minimum atomic E-state index is 0.0205. The number of aromatic nitrogens is 4. The molecule has 0 radical (unpaired) electrons. The number of piperidine rings is 1. The van der Waals surface area contributed by atoms with E-state index in [0.717, 1.165) is 34.4 Å². The number of thiazole rings is 1. The van der Waals surface area contributed by atoms with Gasteiger partial charge in [0.2, 0.25) is 5.88 Å². The molecule has 0 N–H and O–H groups in total. The number of nitrogens with zero attached hydrogens (tertiary/aromatic N) is 5. The number of fused-ring (bicyclic) bond motifs is 1. The van der Waals surface area contributed by atoms with Crippen molar-refractivity contribution in [3.63, 3.8) is 0 Å². The third-order valence-corrected chi connectivity index (χ3v) is 6.51. The summed E-state index contributed by atoms with van der Waals surface area (Å²) in [6.07, 6.45) is 7.16. The van der Waals surface area contributed by atoms with E-state index in [2.05, 4.69) is 15.2 Å². The molecule has 8 heteroatoms. The lowest BCUT2D eigenvalue weighted by atomic mass is 10.1. The summed E-state index contributed by atoms with van der Waals surface area (Å²) in [5.41, 5.74) is 0.776. The Morgan fingerprint density at radius 2 is 1.90 bits per heavy atom. The van der Waals surface area contributed by atoms with E-state index in [0.29, 0.717) is 23.8 Å². The number of ether oxygens (including phenoxy) is 1. The molecule has 0 saturated carbocycles. The van der Waals surface area contributed by atoms with Gasteiger partial charge in [0.1, 0.15) is 11.0 Å². The molecule has 7 nitrogen and oxygen atoms in total. The van der Waals surface area contributed by atoms with Crippen LogP contribution in [-0.2, 0) is 0 Å². The van der Waals surface area contributed by atoms with Crippen LogP contribution in [0.25, 0.3) is 15.9 Å². The van der Waals surface area contributed by atoms with Crippen molar-refractivity contribution in [2.45, 2.75) is 25.9 Å². The van der Waals surface area contributed by atoms with Crippen LogP contribution in [0.1, 0.15) is 28.2 Å². The third kappa shape index (κ3) is 3.54. The van der Waals surface area contributed by atoms with Crippen molar-refractivity contribution in [3.8, 4) is 11.0 Å². The van der Waals surface area contributed by atoms with E-state index in [1.807, 2.05) is 65.2 Å². The summed E-state index contributed by atoms with van der Waals surface area (Å²) < 4.78 is 8.08. The molecule has 3 aromatic heterocycles. The first kappa shape index (κ1) is 18.7. The Labute approximate surface area is 177 Å². The van der Waals surface area contributed by atoms with Crippen molar-refractivity contribution < 1.29 is 9.53 Å². The summed E-state index contributed by atoms with van der Waals surface area (Å²) in [5, 5.41) is 11.0. The molecular weight excluding hydrogens is 398 g/mol. The van der Waals surface area contributed by atoms with Gasteiger partial charge in [0.05, 0.1) is 11.9 Å². The third-order valence-electron chi connectivity index (χ3n) is 5.35. The van der Waals surface area contributed by atoms with Crippen LogP contribution in [-0.4, -0.2) is 49.7 Å². The van der Waals surface area contributed by atoms with Gasteiger partial charge in [-0.2, -0.15) is 5.10 Å². The van der Waals surface area contributed by atoms with Crippen molar-refractivity contribution in [2.75, 3.05) is 13.1 Å². The quantitative estimate of drug-likeness (QED) is 0.502. The predicted molar refractivity (Wildman–Crippen MR) is 115 cm³/mol. The molecular formula is C22H21N5O2S. The van der Waals surface area contributed by atoms with Gasteiger partial charge >= 0.3 is 0 Å². The summed E-state index contributed by atoms with van der Waals surface area (Å²) in [5.74, 6) is 0.611. The molecule has 1 aliphatic heterocycles. The molecule has 152 valence electrons. The number of rotatable bonds is 4. The Bertz CT molecular complexity index is 1170. The summed E-state index contributed by atoms with van der Waals surface area (Å²) >= 11 is 1.43. The Morgan fingerprint density at radius 1 is 1.13 bits per heavy atom. The zero-order valence-corrected chi connectivity index (χ0v) is 17.4. The van der Waals surface area contributed by atoms with Gasteiger partial charge in [0, 0.05) is 49.1 Å². The highest BCUT2D eigenvalue weighted by molar-refractivity contribution is 7.16. The van der Waals surface area contributed by atoms with E-state index < -0.39 is 0 Å². The summed E-state index contributed by atoms with van der Waals surface area (Å²) in [6, 6.07) is 11.8. The Hall–Kier alpha value is -3.26. The van der Waals surface area contributed by atoms with Crippen molar-refractivity contribution in [1.29, 1.82) is 0 Å². The second kappa shape index (κ2) is 7.87. The lowest BCUT2D eigenvalue weighted by Crippen LogP contribution is -2.41. The normalized spacial score (nSPS) is 14.9. The minimum absolute atomic E-state index is 0.0205. The van der Waals surface area contributed by atoms with Crippen molar-refractivity contribution in [1.82, 2.24) is 24.6 Å². The van der Waals surface area contributed by atoms with Crippen LogP contribution in [0.5, 0.6) is 5.88 Å². The second-order valence-corrected chi connectivity index (χ2v) is 8.33. The average Bonchev–Trinajstić information content (AvgIpc) is 3.44. The maximum absolute atomic E-state index is 13.1. The van der Waals surface area contributed by atoms with Crippen LogP contribution < -0.4 is 4.74 Å². The largest absolute Gasteiger partial charge is 0.473 e. The van der Waals surface area contributed by atoms with Gasteiger partial charge in [-0.15, -0.1) is 5.10 Å². The second-order valence-electron chi connectivity index (χ2n) is 7.35. The standard InChI is InChI=1S/C22H21N5O2S/c1-15-19(30-22(24-15)27-10-4-5-11-27)21(28)26-12-8-17(9-13-26)29-20-18-7-3-2-6-16(18)14-23-25-20/h2-7,10-11,14,17H,8-9,12-13H2,1H3. The highest BCUT2D eigenvalue weighted by atomic mass is 32.1. The Balaban J connectivity index is 1.25. The number of amides is 1. The molecule has 1 aromatic carbocycles. The molecule has 1 fully saturated rings. The van der Waals surface area contributed by atoms with Crippen LogP contribution in [0.3, 0.4) is 0 Å². The first-order valence-corrected chi connectivity index (χ1v) is 10.8.